The molecule has 0 fully saturated rings. The molecule has 1 atom stereocenters. The summed E-state index contributed by atoms with van der Waals surface area (Å²) in [4.78, 5) is 23.6. The van der Waals surface area contributed by atoms with Crippen molar-refractivity contribution in [3.05, 3.63) is 23.7 Å². The number of fused-ring (bicyclic) bond motifs is 1. The van der Waals surface area contributed by atoms with E-state index in [-0.39, 0.29) is 11.9 Å². The number of hydrogen-bond donors (Lipinski definition) is 1. The molecule has 2 rings (SSSR count). The standard InChI is InChI=1S/C13H17N3O2/c1-4-9(13(17)18-5-2)11-15-10-8(3)6-7-14-12(10)16-11/h6-7,9H,4-5H2,1-3H3,(H,14,15,16). The number of pyridine rings is 1. The molecule has 0 aromatic carbocycles. The summed E-state index contributed by atoms with van der Waals surface area (Å²) < 4.78 is 5.06. The van der Waals surface area contributed by atoms with Crippen LogP contribution in [0.5, 0.6) is 0 Å². The van der Waals surface area contributed by atoms with Crippen LogP contribution >= 0.6 is 0 Å². The van der Waals surface area contributed by atoms with Crippen LogP contribution in [-0.2, 0) is 9.53 Å². The van der Waals surface area contributed by atoms with E-state index in [1.807, 2.05) is 19.9 Å². The summed E-state index contributed by atoms with van der Waals surface area (Å²) >= 11 is 0. The zero-order valence-electron chi connectivity index (χ0n) is 10.9. The highest BCUT2D eigenvalue weighted by Gasteiger charge is 2.23. The quantitative estimate of drug-likeness (QED) is 0.842. The van der Waals surface area contributed by atoms with E-state index < -0.39 is 0 Å². The highest BCUT2D eigenvalue weighted by atomic mass is 16.5. The minimum Gasteiger partial charge on any atom is -0.465 e. The third-order valence-corrected chi connectivity index (χ3v) is 2.93. The number of imidazole rings is 1. The lowest BCUT2D eigenvalue weighted by Crippen LogP contribution is -2.16. The second kappa shape index (κ2) is 5.16. The second-order valence-electron chi connectivity index (χ2n) is 4.16. The molecule has 0 bridgehead atoms. The third kappa shape index (κ3) is 2.20. The number of nitrogens with one attached hydrogen (secondary N) is 1. The Kier molecular flexibility index (Phi) is 3.60. The zero-order valence-corrected chi connectivity index (χ0v) is 10.9. The number of aromatic amines is 1. The van der Waals surface area contributed by atoms with Gasteiger partial charge in [-0.3, -0.25) is 4.79 Å². The summed E-state index contributed by atoms with van der Waals surface area (Å²) in [5.41, 5.74) is 2.60. The van der Waals surface area contributed by atoms with Gasteiger partial charge in [-0.15, -0.1) is 0 Å². The summed E-state index contributed by atoms with van der Waals surface area (Å²) in [6.45, 7) is 6.11. The van der Waals surface area contributed by atoms with Crippen molar-refractivity contribution in [3.8, 4) is 0 Å². The first-order valence-corrected chi connectivity index (χ1v) is 6.15. The zero-order chi connectivity index (χ0) is 13.1. The minimum atomic E-state index is -0.349. The fourth-order valence-electron chi connectivity index (χ4n) is 1.93. The summed E-state index contributed by atoms with van der Waals surface area (Å²) in [6, 6.07) is 1.91. The molecule has 1 unspecified atom stereocenters. The van der Waals surface area contributed by atoms with Crippen molar-refractivity contribution >= 4 is 17.1 Å². The molecular formula is C13H17N3O2. The molecule has 0 aliphatic carbocycles. The predicted molar refractivity (Wildman–Crippen MR) is 68.3 cm³/mol. The lowest BCUT2D eigenvalue weighted by molar-refractivity contribution is -0.145. The third-order valence-electron chi connectivity index (χ3n) is 2.93. The smallest absolute Gasteiger partial charge is 0.316 e. The van der Waals surface area contributed by atoms with E-state index in [9.17, 15) is 4.79 Å². The normalized spacial score (nSPS) is 12.6. The number of ether oxygens (including phenoxy) is 1. The number of nitrogens with zero attached hydrogens (tertiary/aromatic N) is 2. The predicted octanol–water partition coefficient (Wildman–Crippen LogP) is 2.32. The van der Waals surface area contributed by atoms with Crippen molar-refractivity contribution in [1.82, 2.24) is 15.0 Å². The Morgan fingerprint density at radius 1 is 1.50 bits per heavy atom. The Balaban J connectivity index is 2.40. The van der Waals surface area contributed by atoms with Gasteiger partial charge in [0.25, 0.3) is 0 Å². The molecule has 2 heterocycles. The van der Waals surface area contributed by atoms with Gasteiger partial charge in [-0.05, 0) is 31.9 Å². The van der Waals surface area contributed by atoms with E-state index in [1.54, 1.807) is 13.1 Å². The van der Waals surface area contributed by atoms with Gasteiger partial charge in [0.1, 0.15) is 11.7 Å². The Labute approximate surface area is 106 Å². The van der Waals surface area contributed by atoms with Crippen molar-refractivity contribution in [2.75, 3.05) is 6.61 Å². The molecule has 2 aromatic rings. The highest BCUT2D eigenvalue weighted by Crippen LogP contribution is 2.22. The summed E-state index contributed by atoms with van der Waals surface area (Å²) in [6.07, 6.45) is 2.37. The molecule has 5 nitrogen and oxygen atoms in total. The number of esters is 1. The van der Waals surface area contributed by atoms with Gasteiger partial charge in [0.15, 0.2) is 5.65 Å². The van der Waals surface area contributed by atoms with Crippen LogP contribution in [0.4, 0.5) is 0 Å². The van der Waals surface area contributed by atoms with Crippen LogP contribution in [0.15, 0.2) is 12.3 Å². The second-order valence-corrected chi connectivity index (χ2v) is 4.16. The molecule has 2 aromatic heterocycles. The highest BCUT2D eigenvalue weighted by molar-refractivity contribution is 5.80. The van der Waals surface area contributed by atoms with Gasteiger partial charge in [-0.2, -0.15) is 0 Å². The largest absolute Gasteiger partial charge is 0.465 e. The molecule has 1 N–H and O–H groups in total. The maximum absolute atomic E-state index is 11.8. The molecule has 0 saturated heterocycles. The Morgan fingerprint density at radius 3 is 2.89 bits per heavy atom. The maximum Gasteiger partial charge on any atom is 0.316 e. The fraction of sp³-hybridized carbons (Fsp3) is 0.462. The lowest BCUT2D eigenvalue weighted by atomic mass is 10.1. The van der Waals surface area contributed by atoms with Crippen molar-refractivity contribution in [1.29, 1.82) is 0 Å². The summed E-state index contributed by atoms with van der Waals surface area (Å²) in [5, 5.41) is 0. The van der Waals surface area contributed by atoms with Crippen molar-refractivity contribution in [2.24, 2.45) is 0 Å². The SMILES string of the molecule is CCOC(=O)C(CC)c1nc2nccc(C)c2[nH]1. The molecule has 0 saturated carbocycles. The monoisotopic (exact) mass is 247 g/mol. The first kappa shape index (κ1) is 12.5. The topological polar surface area (TPSA) is 67.9 Å². The molecule has 0 spiro atoms. The number of aromatic nitrogens is 3. The maximum atomic E-state index is 11.8. The Bertz CT molecular complexity index is 562. The van der Waals surface area contributed by atoms with Gasteiger partial charge in [0.2, 0.25) is 0 Å². The number of carbonyl (C=O) groups is 1. The minimum absolute atomic E-state index is 0.239. The number of H-pyrrole nitrogens is 1. The van der Waals surface area contributed by atoms with Crippen LogP contribution in [0.3, 0.4) is 0 Å². The summed E-state index contributed by atoms with van der Waals surface area (Å²) in [7, 11) is 0. The van der Waals surface area contributed by atoms with E-state index in [4.69, 9.17) is 4.74 Å². The molecule has 0 aliphatic heterocycles. The molecule has 0 radical (unpaired) electrons. The van der Waals surface area contributed by atoms with Crippen LogP contribution in [0, 0.1) is 6.92 Å². The van der Waals surface area contributed by atoms with Gasteiger partial charge in [-0.25, -0.2) is 9.97 Å². The van der Waals surface area contributed by atoms with E-state index >= 15 is 0 Å². The number of hydrogen-bond acceptors (Lipinski definition) is 4. The molecule has 5 heteroatoms. The van der Waals surface area contributed by atoms with Gasteiger partial charge in [0.05, 0.1) is 12.1 Å². The van der Waals surface area contributed by atoms with Gasteiger partial charge < -0.3 is 9.72 Å². The number of carbonyl (C=O) groups excluding carboxylic acids is 1. The van der Waals surface area contributed by atoms with Crippen LogP contribution in [0.2, 0.25) is 0 Å². The van der Waals surface area contributed by atoms with Crippen LogP contribution < -0.4 is 0 Å². The van der Waals surface area contributed by atoms with Crippen LogP contribution in [0.25, 0.3) is 11.2 Å². The average Bonchev–Trinajstić information content (AvgIpc) is 2.75. The Morgan fingerprint density at radius 2 is 2.28 bits per heavy atom. The van der Waals surface area contributed by atoms with E-state index in [0.717, 1.165) is 11.1 Å². The number of rotatable bonds is 4. The van der Waals surface area contributed by atoms with Crippen molar-refractivity contribution in [3.63, 3.8) is 0 Å². The average molecular weight is 247 g/mol. The van der Waals surface area contributed by atoms with Crippen LogP contribution in [-0.4, -0.2) is 27.5 Å². The molecule has 18 heavy (non-hydrogen) atoms. The van der Waals surface area contributed by atoms with Crippen LogP contribution in [0.1, 0.15) is 37.6 Å². The summed E-state index contributed by atoms with van der Waals surface area (Å²) in [5.74, 6) is 0.0445. The first-order valence-electron chi connectivity index (χ1n) is 6.15. The first-order chi connectivity index (χ1) is 8.67. The van der Waals surface area contributed by atoms with E-state index in [0.29, 0.717) is 24.5 Å². The fourth-order valence-corrected chi connectivity index (χ4v) is 1.93. The van der Waals surface area contributed by atoms with Crippen molar-refractivity contribution < 1.29 is 9.53 Å². The lowest BCUT2D eigenvalue weighted by Gasteiger charge is -2.10. The van der Waals surface area contributed by atoms with Gasteiger partial charge in [0, 0.05) is 6.20 Å². The van der Waals surface area contributed by atoms with E-state index in [2.05, 4.69) is 15.0 Å². The van der Waals surface area contributed by atoms with Gasteiger partial charge in [-0.1, -0.05) is 6.92 Å². The Hall–Kier alpha value is -1.91. The molecule has 0 aliphatic rings. The van der Waals surface area contributed by atoms with E-state index in [1.165, 1.54) is 0 Å². The molecule has 0 amide bonds. The van der Waals surface area contributed by atoms with Gasteiger partial charge >= 0.3 is 5.97 Å². The molecule has 96 valence electrons. The number of aryl methyl sites for hydroxylation is 1. The molecular weight excluding hydrogens is 230 g/mol. The van der Waals surface area contributed by atoms with Crippen molar-refractivity contribution in [2.45, 2.75) is 33.1 Å².